The molecule has 114 valence electrons. The van der Waals surface area contributed by atoms with Gasteiger partial charge >= 0.3 is 0 Å². The highest BCUT2D eigenvalue weighted by Gasteiger charge is 2.09. The zero-order valence-corrected chi connectivity index (χ0v) is 12.3. The molecule has 0 bridgehead atoms. The van der Waals surface area contributed by atoms with E-state index in [2.05, 4.69) is 4.98 Å². The molecule has 0 aliphatic rings. The van der Waals surface area contributed by atoms with Gasteiger partial charge in [0.25, 0.3) is 0 Å². The zero-order chi connectivity index (χ0) is 15.4. The molecule has 1 heterocycles. The number of para-hydroxylation sites is 2. The highest BCUT2D eigenvalue weighted by Crippen LogP contribution is 2.19. The summed E-state index contributed by atoms with van der Waals surface area (Å²) in [5.41, 5.74) is 1.92. The second-order valence-electron chi connectivity index (χ2n) is 5.03. The van der Waals surface area contributed by atoms with Crippen LogP contribution in [-0.4, -0.2) is 34.5 Å². The van der Waals surface area contributed by atoms with Gasteiger partial charge in [-0.05, 0) is 24.3 Å². The highest BCUT2D eigenvalue weighted by atomic mass is 16.5. The molecule has 0 aliphatic carbocycles. The average molecular weight is 298 g/mol. The van der Waals surface area contributed by atoms with E-state index in [0.717, 1.165) is 16.8 Å². The minimum absolute atomic E-state index is 0.208. The predicted molar refractivity (Wildman–Crippen MR) is 84.2 cm³/mol. The monoisotopic (exact) mass is 298 g/mol. The molecule has 3 aromatic rings. The normalized spacial score (nSPS) is 12.3. The highest BCUT2D eigenvalue weighted by molar-refractivity contribution is 5.74. The zero-order valence-electron chi connectivity index (χ0n) is 12.3. The van der Waals surface area contributed by atoms with Crippen LogP contribution < -0.4 is 9.47 Å². The number of aliphatic hydroxyl groups is 1. The molecular formula is C17H18N2O3. The number of fused-ring (bicyclic) bond motifs is 1. The lowest BCUT2D eigenvalue weighted by Crippen LogP contribution is -2.23. The summed E-state index contributed by atoms with van der Waals surface area (Å²) in [7, 11) is 1.61. The minimum Gasteiger partial charge on any atom is -0.497 e. The molecule has 22 heavy (non-hydrogen) atoms. The minimum atomic E-state index is -0.621. The fraction of sp³-hybridized carbons (Fsp3) is 0.235. The topological polar surface area (TPSA) is 56.5 Å². The van der Waals surface area contributed by atoms with Gasteiger partial charge in [-0.25, -0.2) is 4.98 Å². The van der Waals surface area contributed by atoms with Crippen LogP contribution in [0.2, 0.25) is 0 Å². The Bertz CT molecular complexity index is 754. The molecule has 0 spiro atoms. The number of benzene rings is 2. The van der Waals surface area contributed by atoms with E-state index in [1.807, 2.05) is 47.0 Å². The molecule has 0 amide bonds. The SMILES string of the molecule is COc1cccc(OC[C@@H](O)Cn2cnc3ccccc32)c1. The lowest BCUT2D eigenvalue weighted by Gasteiger charge is -2.14. The first kappa shape index (κ1) is 14.4. The second-order valence-corrected chi connectivity index (χ2v) is 5.03. The maximum absolute atomic E-state index is 10.2. The molecule has 0 aliphatic heterocycles. The van der Waals surface area contributed by atoms with Crippen molar-refractivity contribution in [3.8, 4) is 11.5 Å². The molecule has 1 aromatic heterocycles. The Hall–Kier alpha value is -2.53. The number of methoxy groups -OCH3 is 1. The van der Waals surface area contributed by atoms with Gasteiger partial charge < -0.3 is 19.1 Å². The van der Waals surface area contributed by atoms with Gasteiger partial charge in [0.2, 0.25) is 0 Å². The van der Waals surface area contributed by atoms with Crippen LogP contribution in [0.4, 0.5) is 0 Å². The third-order valence-corrected chi connectivity index (χ3v) is 3.42. The summed E-state index contributed by atoms with van der Waals surface area (Å²) in [5.74, 6) is 1.40. The number of hydrogen-bond acceptors (Lipinski definition) is 4. The Kier molecular flexibility index (Phi) is 4.25. The summed E-state index contributed by atoms with van der Waals surface area (Å²) in [5, 5.41) is 10.2. The number of nitrogens with zero attached hydrogens (tertiary/aromatic N) is 2. The number of rotatable bonds is 6. The van der Waals surface area contributed by atoms with E-state index in [0.29, 0.717) is 12.3 Å². The van der Waals surface area contributed by atoms with Crippen LogP contribution in [-0.2, 0) is 6.54 Å². The van der Waals surface area contributed by atoms with Gasteiger partial charge in [0.05, 0.1) is 31.0 Å². The Morgan fingerprint density at radius 3 is 2.82 bits per heavy atom. The number of hydrogen-bond donors (Lipinski definition) is 1. The van der Waals surface area contributed by atoms with Gasteiger partial charge in [0, 0.05) is 6.07 Å². The van der Waals surface area contributed by atoms with Gasteiger partial charge in [0.15, 0.2) is 0 Å². The van der Waals surface area contributed by atoms with Crippen LogP contribution in [0.3, 0.4) is 0 Å². The Morgan fingerprint density at radius 1 is 1.14 bits per heavy atom. The van der Waals surface area contributed by atoms with Crippen molar-refractivity contribution in [1.82, 2.24) is 9.55 Å². The van der Waals surface area contributed by atoms with Crippen molar-refractivity contribution in [2.75, 3.05) is 13.7 Å². The van der Waals surface area contributed by atoms with Gasteiger partial charge in [0.1, 0.15) is 24.2 Å². The molecule has 0 saturated heterocycles. The molecule has 1 atom stereocenters. The summed E-state index contributed by atoms with van der Waals surface area (Å²) in [6.07, 6.45) is 1.11. The third-order valence-electron chi connectivity index (χ3n) is 3.42. The summed E-state index contributed by atoms with van der Waals surface area (Å²) in [6.45, 7) is 0.643. The van der Waals surface area contributed by atoms with Crippen molar-refractivity contribution in [2.45, 2.75) is 12.6 Å². The van der Waals surface area contributed by atoms with Crippen molar-refractivity contribution in [3.05, 3.63) is 54.9 Å². The summed E-state index contributed by atoms with van der Waals surface area (Å²) in [4.78, 5) is 4.31. The number of imidazole rings is 1. The molecule has 3 rings (SSSR count). The number of ether oxygens (including phenoxy) is 2. The maximum Gasteiger partial charge on any atom is 0.123 e. The van der Waals surface area contributed by atoms with Crippen LogP contribution in [0.5, 0.6) is 11.5 Å². The number of aliphatic hydroxyl groups excluding tert-OH is 1. The summed E-state index contributed by atoms with van der Waals surface area (Å²) < 4.78 is 12.7. The first-order chi connectivity index (χ1) is 10.8. The van der Waals surface area contributed by atoms with Crippen molar-refractivity contribution in [3.63, 3.8) is 0 Å². The van der Waals surface area contributed by atoms with E-state index >= 15 is 0 Å². The van der Waals surface area contributed by atoms with Crippen LogP contribution in [0.25, 0.3) is 11.0 Å². The molecule has 0 saturated carbocycles. The molecule has 1 N–H and O–H groups in total. The molecule has 0 unspecified atom stereocenters. The van der Waals surface area contributed by atoms with Gasteiger partial charge in [-0.3, -0.25) is 0 Å². The van der Waals surface area contributed by atoms with Gasteiger partial charge in [-0.2, -0.15) is 0 Å². The van der Waals surface area contributed by atoms with E-state index < -0.39 is 6.10 Å². The Morgan fingerprint density at radius 2 is 1.95 bits per heavy atom. The molecule has 0 radical (unpaired) electrons. The predicted octanol–water partition coefficient (Wildman–Crippen LogP) is 2.48. The van der Waals surface area contributed by atoms with E-state index in [9.17, 15) is 5.11 Å². The molecule has 5 heteroatoms. The van der Waals surface area contributed by atoms with Crippen molar-refractivity contribution in [2.24, 2.45) is 0 Å². The van der Waals surface area contributed by atoms with Crippen LogP contribution in [0.1, 0.15) is 0 Å². The van der Waals surface area contributed by atoms with E-state index in [1.54, 1.807) is 19.5 Å². The second kappa shape index (κ2) is 6.49. The lowest BCUT2D eigenvalue weighted by atomic mass is 10.3. The van der Waals surface area contributed by atoms with E-state index in [1.165, 1.54) is 0 Å². The lowest BCUT2D eigenvalue weighted by molar-refractivity contribution is 0.0933. The Labute approximate surface area is 128 Å². The first-order valence-corrected chi connectivity index (χ1v) is 7.11. The molecular weight excluding hydrogens is 280 g/mol. The van der Waals surface area contributed by atoms with E-state index in [-0.39, 0.29) is 6.61 Å². The Balaban J connectivity index is 1.61. The fourth-order valence-electron chi connectivity index (χ4n) is 2.32. The third kappa shape index (κ3) is 3.20. The van der Waals surface area contributed by atoms with Gasteiger partial charge in [-0.15, -0.1) is 0 Å². The smallest absolute Gasteiger partial charge is 0.123 e. The first-order valence-electron chi connectivity index (χ1n) is 7.11. The van der Waals surface area contributed by atoms with Crippen molar-refractivity contribution < 1.29 is 14.6 Å². The van der Waals surface area contributed by atoms with Crippen LogP contribution >= 0.6 is 0 Å². The van der Waals surface area contributed by atoms with Gasteiger partial charge in [-0.1, -0.05) is 18.2 Å². The van der Waals surface area contributed by atoms with E-state index in [4.69, 9.17) is 9.47 Å². The van der Waals surface area contributed by atoms with Crippen LogP contribution in [0, 0.1) is 0 Å². The molecule has 2 aromatic carbocycles. The fourth-order valence-corrected chi connectivity index (χ4v) is 2.32. The largest absolute Gasteiger partial charge is 0.497 e. The molecule has 5 nitrogen and oxygen atoms in total. The van der Waals surface area contributed by atoms with Crippen molar-refractivity contribution in [1.29, 1.82) is 0 Å². The number of aromatic nitrogens is 2. The summed E-state index contributed by atoms with van der Waals surface area (Å²) >= 11 is 0. The summed E-state index contributed by atoms with van der Waals surface area (Å²) in [6, 6.07) is 15.2. The van der Waals surface area contributed by atoms with Crippen molar-refractivity contribution >= 4 is 11.0 Å². The molecule has 0 fully saturated rings. The standard InChI is InChI=1S/C17H18N2O3/c1-21-14-5-4-6-15(9-14)22-11-13(20)10-19-12-18-16-7-2-3-8-17(16)19/h2-9,12-13,20H,10-11H2,1H3/t13-/m0/s1. The average Bonchev–Trinajstić information content (AvgIpc) is 2.96. The quantitative estimate of drug-likeness (QED) is 0.759. The van der Waals surface area contributed by atoms with Crippen LogP contribution in [0.15, 0.2) is 54.9 Å². The maximum atomic E-state index is 10.2.